The third kappa shape index (κ3) is 5.00. The van der Waals surface area contributed by atoms with Crippen LogP contribution >= 0.6 is 15.9 Å². The number of carbonyl (C=O) groups excluding carboxylic acids is 1. The van der Waals surface area contributed by atoms with Gasteiger partial charge in [0.1, 0.15) is 5.60 Å². The summed E-state index contributed by atoms with van der Waals surface area (Å²) in [6, 6.07) is 0. The number of amides is 1. The van der Waals surface area contributed by atoms with Gasteiger partial charge in [0, 0.05) is 20.6 Å². The Morgan fingerprint density at radius 1 is 1.52 bits per heavy atom. The Labute approximate surface area is 134 Å². The van der Waals surface area contributed by atoms with E-state index in [9.17, 15) is 9.90 Å². The monoisotopic (exact) mass is 361 g/mol. The number of aromatic nitrogens is 2. The Balaban J connectivity index is 2.60. The molecule has 1 atom stereocenters. The molecule has 0 bridgehead atoms. The van der Waals surface area contributed by atoms with Crippen LogP contribution in [0, 0.1) is 6.92 Å². The Kier molecular flexibility index (Phi) is 5.81. The molecular formula is C14H24BrN3O3. The van der Waals surface area contributed by atoms with Crippen molar-refractivity contribution in [3.63, 3.8) is 0 Å². The molecule has 0 fully saturated rings. The van der Waals surface area contributed by atoms with E-state index in [1.807, 2.05) is 27.7 Å². The summed E-state index contributed by atoms with van der Waals surface area (Å²) in [4.78, 5) is 13.3. The molecule has 0 radical (unpaired) electrons. The van der Waals surface area contributed by atoms with E-state index in [0.29, 0.717) is 18.7 Å². The molecule has 0 aliphatic rings. The fourth-order valence-corrected chi connectivity index (χ4v) is 2.50. The molecule has 1 amide bonds. The van der Waals surface area contributed by atoms with Gasteiger partial charge in [-0.1, -0.05) is 0 Å². The molecule has 0 aromatic carbocycles. The summed E-state index contributed by atoms with van der Waals surface area (Å²) in [6.45, 7) is 7.73. The van der Waals surface area contributed by atoms with Crippen molar-refractivity contribution < 1.29 is 14.6 Å². The Morgan fingerprint density at radius 2 is 2.10 bits per heavy atom. The van der Waals surface area contributed by atoms with E-state index in [0.717, 1.165) is 10.2 Å². The largest absolute Gasteiger partial charge is 0.444 e. The second kappa shape index (κ2) is 6.79. The number of hydrogen-bond donors (Lipinski definition) is 1. The molecule has 0 spiro atoms. The van der Waals surface area contributed by atoms with Crippen molar-refractivity contribution in [2.75, 3.05) is 13.6 Å². The highest BCUT2D eigenvalue weighted by atomic mass is 79.9. The van der Waals surface area contributed by atoms with Crippen LogP contribution in [0.3, 0.4) is 0 Å². The van der Waals surface area contributed by atoms with Crippen molar-refractivity contribution >= 4 is 22.0 Å². The number of aryl methyl sites for hydroxylation is 2. The van der Waals surface area contributed by atoms with Crippen molar-refractivity contribution in [3.8, 4) is 0 Å². The molecule has 1 unspecified atom stereocenters. The molecule has 0 aliphatic carbocycles. The van der Waals surface area contributed by atoms with Gasteiger partial charge >= 0.3 is 6.09 Å². The van der Waals surface area contributed by atoms with Gasteiger partial charge in [-0.15, -0.1) is 0 Å². The lowest BCUT2D eigenvalue weighted by Gasteiger charge is -2.25. The van der Waals surface area contributed by atoms with Gasteiger partial charge in [-0.3, -0.25) is 4.68 Å². The van der Waals surface area contributed by atoms with E-state index in [-0.39, 0.29) is 0 Å². The Hall–Kier alpha value is -1.08. The SMILES string of the molecule is Cc1nn(C)c(C(O)CCN(C)C(=O)OC(C)(C)C)c1Br. The van der Waals surface area contributed by atoms with E-state index in [1.54, 1.807) is 18.8 Å². The maximum Gasteiger partial charge on any atom is 0.410 e. The highest BCUT2D eigenvalue weighted by Gasteiger charge is 2.22. The molecule has 21 heavy (non-hydrogen) atoms. The summed E-state index contributed by atoms with van der Waals surface area (Å²) in [7, 11) is 3.44. The number of aliphatic hydroxyl groups is 1. The van der Waals surface area contributed by atoms with E-state index in [2.05, 4.69) is 21.0 Å². The topological polar surface area (TPSA) is 67.6 Å². The highest BCUT2D eigenvalue weighted by molar-refractivity contribution is 9.10. The number of halogens is 1. The zero-order valence-corrected chi connectivity index (χ0v) is 15.1. The summed E-state index contributed by atoms with van der Waals surface area (Å²) in [5.74, 6) is 0. The molecule has 1 rings (SSSR count). The summed E-state index contributed by atoms with van der Waals surface area (Å²) in [6.07, 6.45) is -0.682. The van der Waals surface area contributed by atoms with Crippen LogP contribution in [-0.4, -0.2) is 45.1 Å². The second-order valence-corrected chi connectivity index (χ2v) is 6.91. The van der Waals surface area contributed by atoms with Gasteiger partial charge in [-0.05, 0) is 50.0 Å². The predicted octanol–water partition coefficient (Wildman–Crippen LogP) is 2.78. The smallest absolute Gasteiger partial charge is 0.410 e. The normalized spacial score (nSPS) is 13.1. The Bertz CT molecular complexity index is 508. The fraction of sp³-hybridized carbons (Fsp3) is 0.714. The lowest BCUT2D eigenvalue weighted by atomic mass is 10.1. The molecule has 1 N–H and O–H groups in total. The third-order valence-corrected chi connectivity index (χ3v) is 3.93. The van der Waals surface area contributed by atoms with Crippen molar-refractivity contribution in [1.29, 1.82) is 0 Å². The predicted molar refractivity (Wildman–Crippen MR) is 84.1 cm³/mol. The van der Waals surface area contributed by atoms with Gasteiger partial charge in [-0.25, -0.2) is 4.79 Å². The first-order chi connectivity index (χ1) is 9.53. The standard InChI is InChI=1S/C14H24BrN3O3/c1-9-11(15)12(18(6)16-9)10(19)7-8-17(5)13(20)21-14(2,3)4/h10,19H,7-8H2,1-6H3. The zero-order valence-electron chi connectivity index (χ0n) is 13.5. The van der Waals surface area contributed by atoms with Crippen molar-refractivity contribution in [3.05, 3.63) is 15.9 Å². The number of carbonyl (C=O) groups is 1. The minimum Gasteiger partial charge on any atom is -0.444 e. The van der Waals surface area contributed by atoms with Gasteiger partial charge < -0.3 is 14.7 Å². The number of ether oxygens (including phenoxy) is 1. The van der Waals surface area contributed by atoms with Crippen molar-refractivity contribution in [2.45, 2.75) is 45.8 Å². The van der Waals surface area contributed by atoms with Crippen molar-refractivity contribution in [2.24, 2.45) is 7.05 Å². The van der Waals surface area contributed by atoms with Gasteiger partial charge in [0.2, 0.25) is 0 Å². The van der Waals surface area contributed by atoms with E-state index in [1.165, 1.54) is 4.90 Å². The van der Waals surface area contributed by atoms with Crippen LogP contribution in [-0.2, 0) is 11.8 Å². The lowest BCUT2D eigenvalue weighted by Crippen LogP contribution is -2.35. The second-order valence-electron chi connectivity index (χ2n) is 6.11. The van der Waals surface area contributed by atoms with E-state index in [4.69, 9.17) is 4.74 Å². The zero-order chi connectivity index (χ0) is 16.4. The number of aliphatic hydroxyl groups excluding tert-OH is 1. The van der Waals surface area contributed by atoms with Gasteiger partial charge in [0.05, 0.1) is 22.0 Å². The number of hydrogen-bond acceptors (Lipinski definition) is 4. The fourth-order valence-electron chi connectivity index (χ4n) is 1.90. The van der Waals surface area contributed by atoms with Crippen LogP contribution < -0.4 is 0 Å². The van der Waals surface area contributed by atoms with Crippen LogP contribution in [0.2, 0.25) is 0 Å². The molecule has 120 valence electrons. The summed E-state index contributed by atoms with van der Waals surface area (Å²) < 4.78 is 7.72. The maximum atomic E-state index is 11.8. The van der Waals surface area contributed by atoms with Crippen LogP contribution in [0.25, 0.3) is 0 Å². The first-order valence-electron chi connectivity index (χ1n) is 6.84. The minimum absolute atomic E-state index is 0.394. The molecule has 6 nitrogen and oxygen atoms in total. The molecule has 0 saturated heterocycles. The summed E-state index contributed by atoms with van der Waals surface area (Å²) in [5.41, 5.74) is 1.02. The average Bonchev–Trinajstić information content (AvgIpc) is 2.57. The molecule has 0 aliphatic heterocycles. The van der Waals surface area contributed by atoms with Crippen LogP contribution in [0.15, 0.2) is 4.47 Å². The van der Waals surface area contributed by atoms with Crippen molar-refractivity contribution in [1.82, 2.24) is 14.7 Å². The van der Waals surface area contributed by atoms with Gasteiger partial charge in [-0.2, -0.15) is 5.10 Å². The summed E-state index contributed by atoms with van der Waals surface area (Å²) in [5, 5.41) is 14.5. The molecule has 0 saturated carbocycles. The van der Waals surface area contributed by atoms with Crippen LogP contribution in [0.4, 0.5) is 4.79 Å². The molecule has 1 heterocycles. The lowest BCUT2D eigenvalue weighted by molar-refractivity contribution is 0.0271. The first kappa shape index (κ1) is 18.0. The van der Waals surface area contributed by atoms with Gasteiger partial charge in [0.25, 0.3) is 0 Å². The first-order valence-corrected chi connectivity index (χ1v) is 7.63. The number of nitrogens with zero attached hydrogens (tertiary/aromatic N) is 3. The highest BCUT2D eigenvalue weighted by Crippen LogP contribution is 2.28. The maximum absolute atomic E-state index is 11.8. The van der Waals surface area contributed by atoms with E-state index >= 15 is 0 Å². The van der Waals surface area contributed by atoms with Crippen LogP contribution in [0.5, 0.6) is 0 Å². The quantitative estimate of drug-likeness (QED) is 0.895. The minimum atomic E-state index is -0.699. The number of rotatable bonds is 4. The average molecular weight is 362 g/mol. The Morgan fingerprint density at radius 3 is 2.52 bits per heavy atom. The third-order valence-electron chi connectivity index (χ3n) is 2.95. The summed E-state index contributed by atoms with van der Waals surface area (Å²) >= 11 is 3.43. The molecule has 7 heteroatoms. The van der Waals surface area contributed by atoms with E-state index < -0.39 is 17.8 Å². The molecule has 1 aromatic heterocycles. The molecular weight excluding hydrogens is 338 g/mol. The molecule has 1 aromatic rings. The van der Waals surface area contributed by atoms with Crippen LogP contribution in [0.1, 0.15) is 44.7 Å². The van der Waals surface area contributed by atoms with Gasteiger partial charge in [0.15, 0.2) is 0 Å².